The van der Waals surface area contributed by atoms with Crippen LogP contribution < -0.4 is 11.1 Å². The van der Waals surface area contributed by atoms with Crippen LogP contribution in [0.3, 0.4) is 0 Å². The van der Waals surface area contributed by atoms with Gasteiger partial charge in [0.05, 0.1) is 13.5 Å². The Kier molecular flexibility index (Phi) is 4.94. The first-order valence-corrected chi connectivity index (χ1v) is 4.85. The van der Waals surface area contributed by atoms with Crippen LogP contribution in [-0.2, 0) is 14.3 Å². The zero-order valence-electron chi connectivity index (χ0n) is 9.99. The van der Waals surface area contributed by atoms with E-state index in [0.717, 1.165) is 0 Å². The number of ketones is 1. The molecule has 2 amide bonds. The number of primary amides is 1. The number of methoxy groups -OCH3 is 1. The molecule has 0 spiro atoms. The molecule has 0 rings (SSSR count). The van der Waals surface area contributed by atoms with Gasteiger partial charge >= 0.3 is 6.09 Å². The monoisotopic (exact) mass is 230 g/mol. The maximum atomic E-state index is 11.9. The minimum atomic E-state index is -0.940. The van der Waals surface area contributed by atoms with E-state index in [0.29, 0.717) is 0 Å². The number of hydrogen-bond donors (Lipinski definition) is 2. The molecule has 16 heavy (non-hydrogen) atoms. The Morgan fingerprint density at radius 1 is 1.31 bits per heavy atom. The zero-order chi connectivity index (χ0) is 12.9. The van der Waals surface area contributed by atoms with Crippen molar-refractivity contribution in [2.75, 3.05) is 7.11 Å². The van der Waals surface area contributed by atoms with E-state index in [9.17, 15) is 14.4 Å². The van der Waals surface area contributed by atoms with Gasteiger partial charge in [0.1, 0.15) is 6.04 Å². The first kappa shape index (κ1) is 14.4. The Bertz CT molecular complexity index is 294. The standard InChI is InChI=1S/C10H18N2O4/c1-10(2,3)8(14)6(5-7(11)13)12-9(15)16-4/h6H,5H2,1-4H3,(H2,11,13)(H,12,15)/t6-/m0/s1. The molecule has 0 aliphatic heterocycles. The average molecular weight is 230 g/mol. The first-order chi connectivity index (χ1) is 7.18. The number of rotatable bonds is 4. The summed E-state index contributed by atoms with van der Waals surface area (Å²) < 4.78 is 4.37. The number of nitrogens with two attached hydrogens (primary N) is 1. The molecule has 0 aliphatic carbocycles. The molecule has 0 aromatic carbocycles. The summed E-state index contributed by atoms with van der Waals surface area (Å²) in [6.07, 6.45) is -0.991. The molecule has 3 N–H and O–H groups in total. The number of ether oxygens (including phenoxy) is 1. The molecule has 6 heteroatoms. The Morgan fingerprint density at radius 3 is 2.12 bits per heavy atom. The molecule has 0 aliphatic rings. The smallest absolute Gasteiger partial charge is 0.407 e. The van der Waals surface area contributed by atoms with Crippen molar-refractivity contribution in [3.05, 3.63) is 0 Å². The molecule has 0 bridgehead atoms. The summed E-state index contributed by atoms with van der Waals surface area (Å²) in [4.78, 5) is 33.7. The van der Waals surface area contributed by atoms with Crippen molar-refractivity contribution in [2.45, 2.75) is 33.2 Å². The van der Waals surface area contributed by atoms with Crippen LogP contribution in [0.4, 0.5) is 4.79 Å². The second-order valence-electron chi connectivity index (χ2n) is 4.47. The number of Topliss-reactive ketones (excluding diaryl/α,β-unsaturated/α-hetero) is 1. The van der Waals surface area contributed by atoms with E-state index in [1.54, 1.807) is 20.8 Å². The summed E-state index contributed by atoms with van der Waals surface area (Å²) in [5.41, 5.74) is 4.34. The van der Waals surface area contributed by atoms with Crippen LogP contribution in [0.15, 0.2) is 0 Å². The molecule has 0 aromatic heterocycles. The Morgan fingerprint density at radius 2 is 1.81 bits per heavy atom. The maximum Gasteiger partial charge on any atom is 0.407 e. The largest absolute Gasteiger partial charge is 0.453 e. The van der Waals surface area contributed by atoms with E-state index in [1.807, 2.05) is 0 Å². The maximum absolute atomic E-state index is 11.9. The van der Waals surface area contributed by atoms with Crippen molar-refractivity contribution < 1.29 is 19.1 Å². The molecular weight excluding hydrogens is 212 g/mol. The van der Waals surface area contributed by atoms with E-state index < -0.39 is 23.5 Å². The third-order valence-electron chi connectivity index (χ3n) is 1.94. The van der Waals surface area contributed by atoms with E-state index in [-0.39, 0.29) is 12.2 Å². The molecule has 0 unspecified atom stereocenters. The highest BCUT2D eigenvalue weighted by Crippen LogP contribution is 2.18. The van der Waals surface area contributed by atoms with Gasteiger partial charge in [-0.05, 0) is 0 Å². The van der Waals surface area contributed by atoms with Crippen LogP contribution >= 0.6 is 0 Å². The van der Waals surface area contributed by atoms with Crippen molar-refractivity contribution in [3.63, 3.8) is 0 Å². The van der Waals surface area contributed by atoms with Gasteiger partial charge in [0.15, 0.2) is 5.78 Å². The number of amides is 2. The molecule has 0 saturated heterocycles. The first-order valence-electron chi connectivity index (χ1n) is 4.85. The molecule has 1 atom stereocenters. The lowest BCUT2D eigenvalue weighted by atomic mass is 9.85. The van der Waals surface area contributed by atoms with Gasteiger partial charge in [-0.2, -0.15) is 0 Å². The van der Waals surface area contributed by atoms with Gasteiger partial charge in [-0.1, -0.05) is 20.8 Å². The summed E-state index contributed by atoms with van der Waals surface area (Å²) in [7, 11) is 1.18. The van der Waals surface area contributed by atoms with E-state index >= 15 is 0 Å². The minimum absolute atomic E-state index is 0.231. The van der Waals surface area contributed by atoms with Gasteiger partial charge in [-0.15, -0.1) is 0 Å². The molecule has 0 fully saturated rings. The predicted octanol–water partition coefficient (Wildman–Crippen LogP) is 0.202. The highest BCUT2D eigenvalue weighted by molar-refractivity contribution is 5.94. The predicted molar refractivity (Wildman–Crippen MR) is 57.6 cm³/mol. The van der Waals surface area contributed by atoms with Crippen molar-refractivity contribution >= 4 is 17.8 Å². The minimum Gasteiger partial charge on any atom is -0.453 e. The SMILES string of the molecule is COC(=O)N[C@@H](CC(N)=O)C(=O)C(C)(C)C. The number of carbonyl (C=O) groups is 3. The van der Waals surface area contributed by atoms with Crippen molar-refractivity contribution in [1.29, 1.82) is 0 Å². The fourth-order valence-corrected chi connectivity index (χ4v) is 1.13. The van der Waals surface area contributed by atoms with Gasteiger partial charge in [0.2, 0.25) is 5.91 Å². The fraction of sp³-hybridized carbons (Fsp3) is 0.700. The van der Waals surface area contributed by atoms with E-state index in [4.69, 9.17) is 5.73 Å². The molecule has 0 aromatic rings. The second-order valence-corrected chi connectivity index (χ2v) is 4.47. The molecular formula is C10H18N2O4. The molecule has 0 radical (unpaired) electrons. The average Bonchev–Trinajstić information content (AvgIpc) is 2.13. The van der Waals surface area contributed by atoms with Crippen LogP contribution in [0.25, 0.3) is 0 Å². The Labute approximate surface area is 94.5 Å². The molecule has 92 valence electrons. The summed E-state index contributed by atoms with van der Waals surface area (Å²) >= 11 is 0. The highest BCUT2D eigenvalue weighted by Gasteiger charge is 2.31. The fourth-order valence-electron chi connectivity index (χ4n) is 1.13. The van der Waals surface area contributed by atoms with Gasteiger partial charge in [0, 0.05) is 5.41 Å². The van der Waals surface area contributed by atoms with Gasteiger partial charge < -0.3 is 15.8 Å². The van der Waals surface area contributed by atoms with E-state index in [1.165, 1.54) is 7.11 Å². The zero-order valence-corrected chi connectivity index (χ0v) is 9.99. The lowest BCUT2D eigenvalue weighted by Crippen LogP contribution is -2.47. The summed E-state index contributed by atoms with van der Waals surface area (Å²) in [6.45, 7) is 5.09. The van der Waals surface area contributed by atoms with Gasteiger partial charge in [-0.3, -0.25) is 9.59 Å². The number of carbonyl (C=O) groups excluding carboxylic acids is 3. The highest BCUT2D eigenvalue weighted by atomic mass is 16.5. The third kappa shape index (κ3) is 4.77. The number of hydrogen-bond acceptors (Lipinski definition) is 4. The Balaban J connectivity index is 4.73. The van der Waals surface area contributed by atoms with Crippen LogP contribution in [0.1, 0.15) is 27.2 Å². The topological polar surface area (TPSA) is 98.5 Å². The van der Waals surface area contributed by atoms with Crippen LogP contribution in [0.2, 0.25) is 0 Å². The van der Waals surface area contributed by atoms with E-state index in [2.05, 4.69) is 10.1 Å². The summed E-state index contributed by atoms with van der Waals surface area (Å²) in [6, 6.07) is -0.940. The van der Waals surface area contributed by atoms with Crippen molar-refractivity contribution in [2.24, 2.45) is 11.1 Å². The molecule has 6 nitrogen and oxygen atoms in total. The number of alkyl carbamates (subject to hydrolysis) is 1. The van der Waals surface area contributed by atoms with Gasteiger partial charge in [0.25, 0.3) is 0 Å². The lowest BCUT2D eigenvalue weighted by molar-refractivity contribution is -0.131. The third-order valence-corrected chi connectivity index (χ3v) is 1.94. The quantitative estimate of drug-likeness (QED) is 0.720. The summed E-state index contributed by atoms with van der Waals surface area (Å²) in [5.74, 6) is -0.921. The van der Waals surface area contributed by atoms with Crippen LogP contribution in [0.5, 0.6) is 0 Å². The van der Waals surface area contributed by atoms with Crippen molar-refractivity contribution in [3.8, 4) is 0 Å². The lowest BCUT2D eigenvalue weighted by Gasteiger charge is -2.24. The molecule has 0 saturated carbocycles. The Hall–Kier alpha value is -1.59. The van der Waals surface area contributed by atoms with Gasteiger partial charge in [-0.25, -0.2) is 4.79 Å². The normalized spacial score (nSPS) is 12.8. The molecule has 0 heterocycles. The number of nitrogens with one attached hydrogen (secondary N) is 1. The van der Waals surface area contributed by atoms with Crippen LogP contribution in [0, 0.1) is 5.41 Å². The van der Waals surface area contributed by atoms with Crippen molar-refractivity contribution in [1.82, 2.24) is 5.32 Å². The van der Waals surface area contributed by atoms with Crippen LogP contribution in [-0.4, -0.2) is 30.9 Å². The second kappa shape index (κ2) is 5.48. The summed E-state index contributed by atoms with van der Waals surface area (Å²) in [5, 5.41) is 2.29.